The lowest BCUT2D eigenvalue weighted by atomic mass is 10.1. The van der Waals surface area contributed by atoms with Crippen LogP contribution in [0.4, 0.5) is 0 Å². The van der Waals surface area contributed by atoms with Crippen molar-refractivity contribution >= 4 is 0 Å². The lowest BCUT2D eigenvalue weighted by molar-refractivity contribution is 0.202. The molecular formula is C16H19NO2. The highest BCUT2D eigenvalue weighted by molar-refractivity contribution is 5.38. The Balaban J connectivity index is 2.06. The second-order valence-electron chi connectivity index (χ2n) is 4.30. The van der Waals surface area contributed by atoms with Crippen molar-refractivity contribution in [3.63, 3.8) is 0 Å². The van der Waals surface area contributed by atoms with E-state index in [1.165, 1.54) is 5.56 Å². The summed E-state index contributed by atoms with van der Waals surface area (Å²) in [6.45, 7) is 1.21. The van der Waals surface area contributed by atoms with Gasteiger partial charge in [0.15, 0.2) is 0 Å². The largest absolute Gasteiger partial charge is 0.457 e. The number of hydrogen-bond acceptors (Lipinski definition) is 3. The minimum absolute atomic E-state index is 0.474. The molecule has 19 heavy (non-hydrogen) atoms. The maximum Gasteiger partial charge on any atom is 0.131 e. The number of hydrogen-bond donors (Lipinski definition) is 1. The van der Waals surface area contributed by atoms with Gasteiger partial charge in [0.1, 0.15) is 11.5 Å². The first-order valence-corrected chi connectivity index (χ1v) is 6.37. The third kappa shape index (κ3) is 3.81. The summed E-state index contributed by atoms with van der Waals surface area (Å²) in [5.74, 6) is 1.64. The van der Waals surface area contributed by atoms with Gasteiger partial charge in [-0.1, -0.05) is 30.3 Å². The molecule has 0 amide bonds. The molecule has 0 spiro atoms. The Morgan fingerprint density at radius 2 is 1.74 bits per heavy atom. The van der Waals surface area contributed by atoms with Crippen LogP contribution in [0.25, 0.3) is 0 Å². The van der Waals surface area contributed by atoms with Crippen LogP contribution in [0.5, 0.6) is 11.5 Å². The van der Waals surface area contributed by atoms with Crippen molar-refractivity contribution in [2.45, 2.75) is 13.0 Å². The van der Waals surface area contributed by atoms with Gasteiger partial charge in [-0.05, 0) is 30.2 Å². The van der Waals surface area contributed by atoms with Crippen LogP contribution in [-0.4, -0.2) is 13.7 Å². The van der Waals surface area contributed by atoms with Crippen LogP contribution < -0.4 is 10.5 Å². The monoisotopic (exact) mass is 257 g/mol. The van der Waals surface area contributed by atoms with Crippen LogP contribution in [0.1, 0.15) is 11.1 Å². The molecule has 0 saturated heterocycles. The molecule has 0 heterocycles. The lowest BCUT2D eigenvalue weighted by Gasteiger charge is -2.10. The Morgan fingerprint density at radius 1 is 1.00 bits per heavy atom. The zero-order valence-electron chi connectivity index (χ0n) is 11.1. The first-order valence-electron chi connectivity index (χ1n) is 6.37. The molecule has 3 nitrogen and oxygen atoms in total. The second-order valence-corrected chi connectivity index (χ2v) is 4.30. The van der Waals surface area contributed by atoms with Crippen molar-refractivity contribution in [1.82, 2.24) is 0 Å². The average Bonchev–Trinajstić information content (AvgIpc) is 2.47. The van der Waals surface area contributed by atoms with E-state index in [4.69, 9.17) is 15.2 Å². The number of nitrogens with two attached hydrogens (primary N) is 1. The smallest absolute Gasteiger partial charge is 0.131 e. The maximum atomic E-state index is 5.85. The van der Waals surface area contributed by atoms with Crippen molar-refractivity contribution < 1.29 is 9.47 Å². The van der Waals surface area contributed by atoms with Gasteiger partial charge < -0.3 is 15.2 Å². The zero-order valence-corrected chi connectivity index (χ0v) is 11.1. The highest BCUT2D eigenvalue weighted by Crippen LogP contribution is 2.25. The summed E-state index contributed by atoms with van der Waals surface area (Å²) in [6.07, 6.45) is 0.913. The van der Waals surface area contributed by atoms with Gasteiger partial charge in [0, 0.05) is 19.2 Å². The normalized spacial score (nSPS) is 10.4. The van der Waals surface area contributed by atoms with Gasteiger partial charge in [-0.3, -0.25) is 0 Å². The first kappa shape index (κ1) is 13.6. The highest BCUT2D eigenvalue weighted by Gasteiger charge is 2.02. The molecular weight excluding hydrogens is 238 g/mol. The van der Waals surface area contributed by atoms with E-state index in [1.54, 1.807) is 7.11 Å². The summed E-state index contributed by atoms with van der Waals surface area (Å²) in [5.41, 5.74) is 7.93. The number of benzene rings is 2. The third-order valence-corrected chi connectivity index (χ3v) is 2.94. The van der Waals surface area contributed by atoms with Gasteiger partial charge in [-0.2, -0.15) is 0 Å². The van der Waals surface area contributed by atoms with Gasteiger partial charge in [-0.25, -0.2) is 0 Å². The van der Waals surface area contributed by atoms with Crippen molar-refractivity contribution in [3.8, 4) is 11.5 Å². The third-order valence-electron chi connectivity index (χ3n) is 2.94. The minimum atomic E-state index is 0.474. The number of ether oxygens (including phenoxy) is 2. The van der Waals surface area contributed by atoms with E-state index >= 15 is 0 Å². The molecule has 2 aromatic carbocycles. The average molecular weight is 257 g/mol. The Hall–Kier alpha value is -1.84. The van der Waals surface area contributed by atoms with E-state index in [0.717, 1.165) is 30.1 Å². The fourth-order valence-electron chi connectivity index (χ4n) is 1.84. The zero-order chi connectivity index (χ0) is 13.5. The molecule has 0 atom stereocenters. The molecule has 3 heteroatoms. The summed E-state index contributed by atoms with van der Waals surface area (Å²) >= 11 is 0. The first-order chi connectivity index (χ1) is 9.33. The molecule has 2 aromatic rings. The number of methoxy groups -OCH3 is 1. The molecule has 2 N–H and O–H groups in total. The minimum Gasteiger partial charge on any atom is -0.457 e. The van der Waals surface area contributed by atoms with Gasteiger partial charge in [0.05, 0.1) is 6.61 Å². The predicted octanol–water partition coefficient (Wildman–Crippen LogP) is 3.13. The lowest BCUT2D eigenvalue weighted by Crippen LogP contribution is -1.99. The molecule has 0 bridgehead atoms. The van der Waals surface area contributed by atoms with Crippen molar-refractivity contribution in [2.24, 2.45) is 5.73 Å². The molecule has 0 aliphatic carbocycles. The van der Waals surface area contributed by atoms with Crippen molar-refractivity contribution in [3.05, 3.63) is 59.7 Å². The molecule has 0 radical (unpaired) electrons. The predicted molar refractivity (Wildman–Crippen MR) is 76.4 cm³/mol. The Kier molecular flexibility index (Phi) is 4.95. The Morgan fingerprint density at radius 3 is 2.42 bits per heavy atom. The molecule has 0 fully saturated rings. The van der Waals surface area contributed by atoms with E-state index < -0.39 is 0 Å². The SMILES string of the molecule is COCCc1ccc(Oc2ccccc2CN)cc1. The van der Waals surface area contributed by atoms with Gasteiger partial charge in [0.25, 0.3) is 0 Å². The van der Waals surface area contributed by atoms with Crippen LogP contribution in [0.3, 0.4) is 0 Å². The van der Waals surface area contributed by atoms with Crippen molar-refractivity contribution in [2.75, 3.05) is 13.7 Å². The van der Waals surface area contributed by atoms with E-state index in [2.05, 4.69) is 12.1 Å². The van der Waals surface area contributed by atoms with Gasteiger partial charge in [-0.15, -0.1) is 0 Å². The molecule has 0 aliphatic rings. The standard InChI is InChI=1S/C16H19NO2/c1-18-11-10-13-6-8-15(9-7-13)19-16-5-3-2-4-14(16)12-17/h2-9H,10-12,17H2,1H3. The van der Waals surface area contributed by atoms with E-state index in [-0.39, 0.29) is 0 Å². The molecule has 0 aromatic heterocycles. The Bertz CT molecular complexity index is 508. The van der Waals surface area contributed by atoms with E-state index in [1.807, 2.05) is 36.4 Å². The quantitative estimate of drug-likeness (QED) is 0.864. The van der Waals surface area contributed by atoms with E-state index in [9.17, 15) is 0 Å². The second kappa shape index (κ2) is 6.92. The summed E-state index contributed by atoms with van der Waals surface area (Å²) < 4.78 is 10.9. The van der Waals surface area contributed by atoms with Gasteiger partial charge in [0.2, 0.25) is 0 Å². The van der Waals surface area contributed by atoms with Crippen molar-refractivity contribution in [1.29, 1.82) is 0 Å². The molecule has 0 aliphatic heterocycles. The number of rotatable bonds is 6. The van der Waals surface area contributed by atoms with Crippen LogP contribution in [-0.2, 0) is 17.7 Å². The fraction of sp³-hybridized carbons (Fsp3) is 0.250. The maximum absolute atomic E-state index is 5.85. The van der Waals surface area contributed by atoms with E-state index in [0.29, 0.717) is 6.54 Å². The summed E-state index contributed by atoms with van der Waals surface area (Å²) in [6, 6.07) is 15.9. The van der Waals surface area contributed by atoms with Crippen LogP contribution in [0.2, 0.25) is 0 Å². The fourth-order valence-corrected chi connectivity index (χ4v) is 1.84. The van der Waals surface area contributed by atoms with Crippen LogP contribution >= 0.6 is 0 Å². The summed E-state index contributed by atoms with van der Waals surface area (Å²) in [5, 5.41) is 0. The molecule has 0 saturated carbocycles. The molecule has 2 rings (SSSR count). The van der Waals surface area contributed by atoms with Gasteiger partial charge >= 0.3 is 0 Å². The van der Waals surface area contributed by atoms with Crippen LogP contribution in [0, 0.1) is 0 Å². The topological polar surface area (TPSA) is 44.5 Å². The summed E-state index contributed by atoms with van der Waals surface area (Å²) in [4.78, 5) is 0. The number of para-hydroxylation sites is 1. The highest BCUT2D eigenvalue weighted by atomic mass is 16.5. The Labute approximate surface area is 114 Å². The van der Waals surface area contributed by atoms with Crippen LogP contribution in [0.15, 0.2) is 48.5 Å². The summed E-state index contributed by atoms with van der Waals surface area (Å²) in [7, 11) is 1.71. The molecule has 0 unspecified atom stereocenters. The molecule has 100 valence electrons.